The Labute approximate surface area is 137 Å². The molecule has 23 heavy (non-hydrogen) atoms. The zero-order valence-electron chi connectivity index (χ0n) is 13.6. The molecular weight excluding hydrogens is 292 g/mol. The third-order valence-corrected chi connectivity index (χ3v) is 4.74. The molecule has 0 bridgehead atoms. The van der Waals surface area contributed by atoms with Gasteiger partial charge in [0.15, 0.2) is 0 Å². The second-order valence-electron chi connectivity index (χ2n) is 6.30. The van der Waals surface area contributed by atoms with Gasteiger partial charge >= 0.3 is 0 Å². The molecule has 2 amide bonds. The summed E-state index contributed by atoms with van der Waals surface area (Å²) in [4.78, 5) is 26.7. The Morgan fingerprint density at radius 2 is 2.04 bits per heavy atom. The number of benzene rings is 1. The Morgan fingerprint density at radius 1 is 1.30 bits per heavy atom. The van der Waals surface area contributed by atoms with Crippen molar-refractivity contribution in [3.05, 3.63) is 24.3 Å². The van der Waals surface area contributed by atoms with Crippen molar-refractivity contribution in [3.8, 4) is 5.75 Å². The van der Waals surface area contributed by atoms with Gasteiger partial charge < -0.3 is 15.0 Å². The number of para-hydroxylation sites is 2. The topological polar surface area (TPSA) is 58.6 Å². The number of nitrogens with zero attached hydrogens (tertiary/aromatic N) is 1. The van der Waals surface area contributed by atoms with E-state index in [9.17, 15) is 9.59 Å². The number of hydrogen-bond acceptors (Lipinski definition) is 3. The van der Waals surface area contributed by atoms with E-state index in [2.05, 4.69) is 5.32 Å². The van der Waals surface area contributed by atoms with E-state index in [1.54, 1.807) is 0 Å². The summed E-state index contributed by atoms with van der Waals surface area (Å²) < 4.78 is 5.53. The second kappa shape index (κ2) is 7.02. The van der Waals surface area contributed by atoms with Crippen LogP contribution in [-0.4, -0.2) is 35.9 Å². The standard InChI is InChI=1S/C18H24N2O3/c1-2-23-16-10-6-5-9-15(16)19-18(22)13-11-17(21)20(12-13)14-7-3-4-8-14/h5-6,9-10,13-14H,2-4,7-8,11-12H2,1H3,(H,19,22)/t13-/m0/s1. The maximum Gasteiger partial charge on any atom is 0.229 e. The normalized spacial score (nSPS) is 21.7. The highest BCUT2D eigenvalue weighted by Crippen LogP contribution is 2.31. The molecule has 0 spiro atoms. The van der Waals surface area contributed by atoms with Crippen LogP contribution in [-0.2, 0) is 9.59 Å². The number of anilines is 1. The van der Waals surface area contributed by atoms with Crippen molar-refractivity contribution >= 4 is 17.5 Å². The molecule has 1 aliphatic heterocycles. The predicted octanol–water partition coefficient (Wildman–Crippen LogP) is 2.81. The van der Waals surface area contributed by atoms with Gasteiger partial charge in [-0.15, -0.1) is 0 Å². The fourth-order valence-electron chi connectivity index (χ4n) is 3.56. The Bertz CT molecular complexity index is 581. The lowest BCUT2D eigenvalue weighted by Gasteiger charge is -2.24. The van der Waals surface area contributed by atoms with Gasteiger partial charge in [0, 0.05) is 19.0 Å². The fourth-order valence-corrected chi connectivity index (χ4v) is 3.56. The van der Waals surface area contributed by atoms with Crippen LogP contribution in [0.2, 0.25) is 0 Å². The summed E-state index contributed by atoms with van der Waals surface area (Å²) in [6.45, 7) is 3.00. The smallest absolute Gasteiger partial charge is 0.229 e. The zero-order chi connectivity index (χ0) is 16.2. The summed E-state index contributed by atoms with van der Waals surface area (Å²) in [6, 6.07) is 7.75. The molecule has 5 heteroatoms. The molecule has 1 aromatic rings. The van der Waals surface area contributed by atoms with Crippen LogP contribution in [0.3, 0.4) is 0 Å². The molecule has 0 unspecified atom stereocenters. The molecule has 1 aromatic carbocycles. The van der Waals surface area contributed by atoms with Crippen molar-refractivity contribution in [1.29, 1.82) is 0 Å². The molecule has 1 atom stereocenters. The van der Waals surface area contributed by atoms with Crippen LogP contribution in [0, 0.1) is 5.92 Å². The van der Waals surface area contributed by atoms with Crippen LogP contribution in [0.4, 0.5) is 5.69 Å². The first-order valence-electron chi connectivity index (χ1n) is 8.51. The molecule has 0 aromatic heterocycles. The number of nitrogens with one attached hydrogen (secondary N) is 1. The number of carbonyl (C=O) groups excluding carboxylic acids is 2. The van der Waals surface area contributed by atoms with Crippen LogP contribution in [0.15, 0.2) is 24.3 Å². The van der Waals surface area contributed by atoms with Crippen molar-refractivity contribution in [2.24, 2.45) is 5.92 Å². The Balaban J connectivity index is 1.64. The summed E-state index contributed by atoms with van der Waals surface area (Å²) in [5.74, 6) is 0.430. The largest absolute Gasteiger partial charge is 0.492 e. The highest BCUT2D eigenvalue weighted by atomic mass is 16.5. The first-order valence-corrected chi connectivity index (χ1v) is 8.51. The molecule has 1 N–H and O–H groups in total. The second-order valence-corrected chi connectivity index (χ2v) is 6.30. The van der Waals surface area contributed by atoms with Crippen LogP contribution < -0.4 is 10.1 Å². The van der Waals surface area contributed by atoms with E-state index in [-0.39, 0.29) is 17.7 Å². The summed E-state index contributed by atoms with van der Waals surface area (Å²) in [6.07, 6.45) is 4.85. The molecular formula is C18H24N2O3. The van der Waals surface area contributed by atoms with E-state index in [1.165, 1.54) is 12.8 Å². The van der Waals surface area contributed by atoms with E-state index < -0.39 is 0 Å². The molecule has 0 radical (unpaired) electrons. The van der Waals surface area contributed by atoms with E-state index in [4.69, 9.17) is 4.74 Å². The lowest BCUT2D eigenvalue weighted by atomic mass is 10.1. The molecule has 2 fully saturated rings. The van der Waals surface area contributed by atoms with Gasteiger partial charge in [-0.2, -0.15) is 0 Å². The first kappa shape index (κ1) is 15.8. The number of rotatable bonds is 5. The fraction of sp³-hybridized carbons (Fsp3) is 0.556. The van der Waals surface area contributed by atoms with Gasteiger partial charge in [0.2, 0.25) is 11.8 Å². The number of amides is 2. The van der Waals surface area contributed by atoms with Gasteiger partial charge in [0.05, 0.1) is 18.2 Å². The van der Waals surface area contributed by atoms with Crippen molar-refractivity contribution in [3.63, 3.8) is 0 Å². The predicted molar refractivity (Wildman–Crippen MR) is 88.3 cm³/mol. The van der Waals surface area contributed by atoms with Crippen LogP contribution in [0.25, 0.3) is 0 Å². The summed E-state index contributed by atoms with van der Waals surface area (Å²) >= 11 is 0. The molecule has 1 saturated heterocycles. The van der Waals surface area contributed by atoms with E-state index in [0.29, 0.717) is 37.1 Å². The number of ether oxygens (including phenoxy) is 1. The maximum atomic E-state index is 12.5. The van der Waals surface area contributed by atoms with Crippen LogP contribution in [0.1, 0.15) is 39.0 Å². The van der Waals surface area contributed by atoms with Gasteiger partial charge in [0.25, 0.3) is 0 Å². The minimum Gasteiger partial charge on any atom is -0.492 e. The average Bonchev–Trinajstić information content (AvgIpc) is 3.18. The molecule has 124 valence electrons. The molecule has 5 nitrogen and oxygen atoms in total. The van der Waals surface area contributed by atoms with E-state index in [1.807, 2.05) is 36.1 Å². The molecule has 1 saturated carbocycles. The van der Waals surface area contributed by atoms with E-state index >= 15 is 0 Å². The highest BCUT2D eigenvalue weighted by Gasteiger charge is 2.38. The third-order valence-electron chi connectivity index (χ3n) is 4.74. The highest BCUT2D eigenvalue weighted by molar-refractivity contribution is 5.98. The quantitative estimate of drug-likeness (QED) is 0.909. The van der Waals surface area contributed by atoms with E-state index in [0.717, 1.165) is 12.8 Å². The summed E-state index contributed by atoms with van der Waals surface area (Å²) in [5, 5.41) is 2.93. The molecule has 1 heterocycles. The third kappa shape index (κ3) is 3.49. The maximum absolute atomic E-state index is 12.5. The van der Waals surface area contributed by atoms with Crippen molar-refractivity contribution in [1.82, 2.24) is 4.90 Å². The summed E-state index contributed by atoms with van der Waals surface area (Å²) in [7, 11) is 0. The Kier molecular flexibility index (Phi) is 4.84. The number of carbonyl (C=O) groups is 2. The SMILES string of the molecule is CCOc1ccccc1NC(=O)[C@H]1CC(=O)N(C2CCCC2)C1. The monoisotopic (exact) mass is 316 g/mol. The first-order chi connectivity index (χ1) is 11.2. The van der Waals surface area contributed by atoms with Gasteiger partial charge in [-0.05, 0) is 31.9 Å². The van der Waals surface area contributed by atoms with Gasteiger partial charge in [0.1, 0.15) is 5.75 Å². The average molecular weight is 316 g/mol. The zero-order valence-corrected chi connectivity index (χ0v) is 13.6. The minimum absolute atomic E-state index is 0.0917. The van der Waals surface area contributed by atoms with Crippen molar-refractivity contribution in [2.75, 3.05) is 18.5 Å². The number of hydrogen-bond donors (Lipinski definition) is 1. The van der Waals surface area contributed by atoms with Gasteiger partial charge in [-0.3, -0.25) is 9.59 Å². The Morgan fingerprint density at radius 3 is 2.78 bits per heavy atom. The van der Waals surface area contributed by atoms with Crippen LogP contribution >= 0.6 is 0 Å². The molecule has 2 aliphatic rings. The van der Waals surface area contributed by atoms with Gasteiger partial charge in [-0.1, -0.05) is 25.0 Å². The summed E-state index contributed by atoms with van der Waals surface area (Å²) in [5.41, 5.74) is 0.672. The lowest BCUT2D eigenvalue weighted by Crippen LogP contribution is -2.35. The minimum atomic E-state index is -0.266. The van der Waals surface area contributed by atoms with Crippen molar-refractivity contribution < 1.29 is 14.3 Å². The van der Waals surface area contributed by atoms with Crippen LogP contribution in [0.5, 0.6) is 5.75 Å². The lowest BCUT2D eigenvalue weighted by molar-refractivity contribution is -0.129. The number of likely N-dealkylation sites (tertiary alicyclic amines) is 1. The molecule has 1 aliphatic carbocycles. The van der Waals surface area contributed by atoms with Gasteiger partial charge in [-0.25, -0.2) is 0 Å². The Hall–Kier alpha value is -2.04. The van der Waals surface area contributed by atoms with Crippen molar-refractivity contribution in [2.45, 2.75) is 45.1 Å². The molecule has 3 rings (SSSR count).